The first-order valence-corrected chi connectivity index (χ1v) is 14.5. The van der Waals surface area contributed by atoms with Gasteiger partial charge >= 0.3 is 12.1 Å². The summed E-state index contributed by atoms with van der Waals surface area (Å²) in [6.07, 6.45) is 0.353. The van der Waals surface area contributed by atoms with Crippen LogP contribution < -0.4 is 5.32 Å². The highest BCUT2D eigenvalue weighted by atomic mass is 32.1. The average Bonchev–Trinajstić information content (AvgIpc) is 3.64. The Bertz CT molecular complexity index is 1780. The van der Waals surface area contributed by atoms with Crippen molar-refractivity contribution >= 4 is 39.1 Å². The van der Waals surface area contributed by atoms with Crippen molar-refractivity contribution in [3.05, 3.63) is 83.3 Å². The minimum absolute atomic E-state index is 0.205. The van der Waals surface area contributed by atoms with Gasteiger partial charge in [0.05, 0.1) is 15.9 Å². The molecule has 1 aliphatic rings. The van der Waals surface area contributed by atoms with E-state index in [-0.39, 0.29) is 23.9 Å². The molecule has 2 aromatic carbocycles. The molecule has 1 fully saturated rings. The highest BCUT2D eigenvalue weighted by Crippen LogP contribution is 2.43. The zero-order chi connectivity index (χ0) is 30.1. The smallest absolute Gasteiger partial charge is 0.452 e. The molecule has 6 rings (SSSR count). The van der Waals surface area contributed by atoms with E-state index in [1.54, 1.807) is 65.9 Å². The number of fused-ring (bicyclic) bond motifs is 1. The molecule has 0 saturated heterocycles. The van der Waals surface area contributed by atoms with Crippen molar-refractivity contribution in [2.45, 2.75) is 44.2 Å². The summed E-state index contributed by atoms with van der Waals surface area (Å²) in [6, 6.07) is 14.7. The van der Waals surface area contributed by atoms with Gasteiger partial charge in [-0.15, -0.1) is 11.3 Å². The van der Waals surface area contributed by atoms with Gasteiger partial charge in [-0.2, -0.15) is 13.2 Å². The maximum Gasteiger partial charge on any atom is 0.452 e. The van der Waals surface area contributed by atoms with Crippen molar-refractivity contribution < 1.29 is 32.3 Å². The Morgan fingerprint density at radius 1 is 0.977 bits per heavy atom. The Labute approximate surface area is 247 Å². The van der Waals surface area contributed by atoms with Crippen LogP contribution >= 0.6 is 11.3 Å². The maximum absolute atomic E-state index is 13.7. The number of amides is 1. The summed E-state index contributed by atoms with van der Waals surface area (Å²) in [6.45, 7) is 0. The van der Waals surface area contributed by atoms with E-state index >= 15 is 0 Å². The van der Waals surface area contributed by atoms with Gasteiger partial charge in [0, 0.05) is 23.2 Å². The summed E-state index contributed by atoms with van der Waals surface area (Å²) in [7, 11) is 0. The van der Waals surface area contributed by atoms with Crippen LogP contribution in [0.2, 0.25) is 0 Å². The molecule has 0 bridgehead atoms. The third-order valence-electron chi connectivity index (χ3n) is 7.67. The van der Waals surface area contributed by atoms with E-state index < -0.39 is 29.5 Å². The normalized spacial score (nSPS) is 17.2. The van der Waals surface area contributed by atoms with E-state index in [4.69, 9.17) is 9.52 Å². The van der Waals surface area contributed by atoms with Gasteiger partial charge in [0.25, 0.3) is 5.91 Å². The van der Waals surface area contributed by atoms with Crippen LogP contribution in [-0.4, -0.2) is 31.9 Å². The largest absolute Gasteiger partial charge is 0.481 e. The number of nitrogens with one attached hydrogen (secondary N) is 1. The van der Waals surface area contributed by atoms with Gasteiger partial charge in [-0.1, -0.05) is 30.3 Å². The molecule has 0 atom stereocenters. The number of aliphatic carboxylic acids is 1. The Morgan fingerprint density at radius 3 is 2.37 bits per heavy atom. The summed E-state index contributed by atoms with van der Waals surface area (Å²) in [5.74, 6) is -3.06. The number of hydrogen-bond donors (Lipinski definition) is 2. The second-order valence-electron chi connectivity index (χ2n) is 10.5. The average molecular weight is 607 g/mol. The van der Waals surface area contributed by atoms with Crippen LogP contribution in [0.1, 0.15) is 59.8 Å². The standard InChI is InChI=1S/C31H25F3N4O4S/c32-31(33,34)28-26(38-30(42-28)20-4-2-1-3-5-20)29(41)37-21-12-10-19(11-13-21)24-27-25(36-16-35-24)22(15-43-27)18-8-6-17(7-9-18)14-23(39)40/h1-5,10-13,15-18H,6-9,14H2,(H,37,41)(H,39,40). The number of hydrogen-bond acceptors (Lipinski definition) is 7. The molecule has 0 radical (unpaired) electrons. The molecule has 43 heavy (non-hydrogen) atoms. The quantitative estimate of drug-likeness (QED) is 0.193. The second kappa shape index (κ2) is 11.6. The third kappa shape index (κ3) is 6.00. The minimum Gasteiger partial charge on any atom is -0.481 e. The first-order valence-electron chi connectivity index (χ1n) is 13.7. The van der Waals surface area contributed by atoms with Gasteiger partial charge in [-0.05, 0) is 72.7 Å². The van der Waals surface area contributed by atoms with Crippen molar-refractivity contribution in [1.29, 1.82) is 0 Å². The van der Waals surface area contributed by atoms with E-state index in [2.05, 4.69) is 25.6 Å². The van der Waals surface area contributed by atoms with Gasteiger partial charge in [0.15, 0.2) is 5.69 Å². The molecule has 12 heteroatoms. The first kappa shape index (κ1) is 28.5. The molecule has 220 valence electrons. The van der Waals surface area contributed by atoms with Gasteiger partial charge in [-0.25, -0.2) is 15.0 Å². The second-order valence-corrected chi connectivity index (χ2v) is 11.4. The number of benzene rings is 2. The van der Waals surface area contributed by atoms with Crippen molar-refractivity contribution in [2.75, 3.05) is 5.32 Å². The first-order chi connectivity index (χ1) is 20.7. The number of alkyl halides is 3. The van der Waals surface area contributed by atoms with Gasteiger partial charge in [0.1, 0.15) is 6.33 Å². The zero-order valence-corrected chi connectivity index (χ0v) is 23.4. The lowest BCUT2D eigenvalue weighted by Gasteiger charge is -2.27. The number of thiophene rings is 1. The van der Waals surface area contributed by atoms with E-state index in [9.17, 15) is 22.8 Å². The van der Waals surface area contributed by atoms with Crippen LogP contribution in [0.25, 0.3) is 32.9 Å². The van der Waals surface area contributed by atoms with Crippen LogP contribution in [0, 0.1) is 5.92 Å². The van der Waals surface area contributed by atoms with Gasteiger partial charge in [-0.3, -0.25) is 9.59 Å². The van der Waals surface area contributed by atoms with Crippen LogP contribution in [0.4, 0.5) is 18.9 Å². The van der Waals surface area contributed by atoms with Crippen LogP contribution in [-0.2, 0) is 11.0 Å². The molecule has 5 aromatic rings. The van der Waals surface area contributed by atoms with E-state index in [0.717, 1.165) is 47.0 Å². The molecule has 1 saturated carbocycles. The lowest BCUT2D eigenvalue weighted by Crippen LogP contribution is -2.18. The van der Waals surface area contributed by atoms with Crippen LogP contribution in [0.3, 0.4) is 0 Å². The highest BCUT2D eigenvalue weighted by molar-refractivity contribution is 7.17. The number of carboxylic acids is 1. The van der Waals surface area contributed by atoms with Crippen molar-refractivity contribution in [2.24, 2.45) is 5.92 Å². The lowest BCUT2D eigenvalue weighted by atomic mass is 9.78. The summed E-state index contributed by atoms with van der Waals surface area (Å²) >= 11 is 1.54. The third-order valence-corrected chi connectivity index (χ3v) is 8.66. The number of halogens is 3. The van der Waals surface area contributed by atoms with Gasteiger partial charge < -0.3 is 14.8 Å². The molecule has 1 aliphatic carbocycles. The van der Waals surface area contributed by atoms with Gasteiger partial charge in [0.2, 0.25) is 11.7 Å². The Hall–Kier alpha value is -4.58. The SMILES string of the molecule is O=C(O)CC1CCC(c2csc3c(-c4ccc(NC(=O)c5nc(-c6ccccc6)oc5C(F)(F)F)cc4)ncnc23)CC1. The Balaban J connectivity index is 1.20. The van der Waals surface area contributed by atoms with Crippen molar-refractivity contribution in [3.63, 3.8) is 0 Å². The fraction of sp³-hybridized carbons (Fsp3) is 0.258. The predicted octanol–water partition coefficient (Wildman–Crippen LogP) is 8.03. The molecule has 3 aromatic heterocycles. The topological polar surface area (TPSA) is 118 Å². The molecule has 0 unspecified atom stereocenters. The summed E-state index contributed by atoms with van der Waals surface area (Å²) < 4.78 is 46.9. The van der Waals surface area contributed by atoms with E-state index in [1.165, 1.54) is 6.33 Å². The Kier molecular flexibility index (Phi) is 7.70. The molecule has 8 nitrogen and oxygen atoms in total. The lowest BCUT2D eigenvalue weighted by molar-refractivity contribution is -0.153. The summed E-state index contributed by atoms with van der Waals surface area (Å²) in [5, 5.41) is 13.7. The summed E-state index contributed by atoms with van der Waals surface area (Å²) in [4.78, 5) is 36.9. The molecule has 1 amide bonds. The highest BCUT2D eigenvalue weighted by Gasteiger charge is 2.42. The number of nitrogens with zero attached hydrogens (tertiary/aromatic N) is 3. The fourth-order valence-electron chi connectivity index (χ4n) is 5.56. The van der Waals surface area contributed by atoms with Crippen LogP contribution in [0.5, 0.6) is 0 Å². The number of carbonyl (C=O) groups is 2. The molecular weight excluding hydrogens is 581 g/mol. The molecule has 3 heterocycles. The van der Waals surface area contributed by atoms with Crippen molar-refractivity contribution in [1.82, 2.24) is 15.0 Å². The number of carbonyl (C=O) groups excluding carboxylic acids is 1. The Morgan fingerprint density at radius 2 is 1.70 bits per heavy atom. The number of oxazole rings is 1. The number of rotatable bonds is 7. The fourth-order valence-corrected chi connectivity index (χ4v) is 6.67. The van der Waals surface area contributed by atoms with E-state index in [1.807, 2.05) is 0 Å². The monoisotopic (exact) mass is 606 g/mol. The number of carboxylic acid groups (broad SMARTS) is 1. The molecule has 0 spiro atoms. The number of aromatic nitrogens is 3. The molecular formula is C31H25F3N4O4S. The molecule has 2 N–H and O–H groups in total. The van der Waals surface area contributed by atoms with Crippen LogP contribution in [0.15, 0.2) is 70.7 Å². The maximum atomic E-state index is 13.7. The van der Waals surface area contributed by atoms with Crippen molar-refractivity contribution in [3.8, 4) is 22.7 Å². The minimum atomic E-state index is -4.91. The molecule has 0 aliphatic heterocycles. The predicted molar refractivity (Wildman–Crippen MR) is 155 cm³/mol. The zero-order valence-electron chi connectivity index (χ0n) is 22.6. The number of anilines is 1. The van der Waals surface area contributed by atoms with E-state index in [0.29, 0.717) is 17.2 Å². The summed E-state index contributed by atoms with van der Waals surface area (Å²) in [5.41, 5.74) is 3.22.